The van der Waals surface area contributed by atoms with E-state index >= 15 is 0 Å². The summed E-state index contributed by atoms with van der Waals surface area (Å²) in [5.41, 5.74) is 2.68. The Bertz CT molecular complexity index is 379. The van der Waals surface area contributed by atoms with Crippen LogP contribution in [0.25, 0.3) is 0 Å². The van der Waals surface area contributed by atoms with Gasteiger partial charge >= 0.3 is 0 Å². The second-order valence-electron chi connectivity index (χ2n) is 5.39. The molecule has 3 rings (SSSR count). The molecule has 2 aliphatic rings. The third-order valence-electron chi connectivity index (χ3n) is 4.05. The molecule has 0 saturated carbocycles. The quantitative estimate of drug-likeness (QED) is 0.853. The predicted molar refractivity (Wildman–Crippen MR) is 77.4 cm³/mol. The molecule has 2 aliphatic heterocycles. The van der Waals surface area contributed by atoms with Gasteiger partial charge in [-0.1, -0.05) is 12.1 Å². The summed E-state index contributed by atoms with van der Waals surface area (Å²) in [7, 11) is 0. The number of benzene rings is 1. The third kappa shape index (κ3) is 2.61. The number of hydrogen-bond acceptors (Lipinski definition) is 3. The zero-order valence-corrected chi connectivity index (χ0v) is 11.0. The summed E-state index contributed by atoms with van der Waals surface area (Å²) in [5, 5.41) is 7.17. The van der Waals surface area contributed by atoms with Gasteiger partial charge < -0.3 is 15.5 Å². The fourth-order valence-corrected chi connectivity index (χ4v) is 3.02. The molecule has 3 heteroatoms. The molecule has 18 heavy (non-hydrogen) atoms. The van der Waals surface area contributed by atoms with Crippen LogP contribution in [-0.4, -0.2) is 32.2 Å². The van der Waals surface area contributed by atoms with Gasteiger partial charge in [-0.2, -0.15) is 0 Å². The topological polar surface area (TPSA) is 27.3 Å². The first-order valence-corrected chi connectivity index (χ1v) is 7.25. The lowest BCUT2D eigenvalue weighted by atomic mass is 10.2. The molecule has 1 unspecified atom stereocenters. The Hall–Kier alpha value is -1.22. The van der Waals surface area contributed by atoms with Crippen molar-refractivity contribution in [3.63, 3.8) is 0 Å². The van der Waals surface area contributed by atoms with Crippen LogP contribution >= 0.6 is 0 Å². The molecule has 2 N–H and O–H groups in total. The number of para-hydroxylation sites is 2. The predicted octanol–water partition coefficient (Wildman–Crippen LogP) is 2.45. The molecule has 0 spiro atoms. The highest BCUT2D eigenvalue weighted by Gasteiger charge is 2.17. The highest BCUT2D eigenvalue weighted by molar-refractivity contribution is 5.70. The summed E-state index contributed by atoms with van der Waals surface area (Å²) >= 11 is 0. The van der Waals surface area contributed by atoms with E-state index in [2.05, 4.69) is 39.8 Å². The van der Waals surface area contributed by atoms with E-state index in [9.17, 15) is 0 Å². The van der Waals surface area contributed by atoms with Gasteiger partial charge in [0.1, 0.15) is 0 Å². The maximum absolute atomic E-state index is 3.63. The molecular weight excluding hydrogens is 222 g/mol. The fraction of sp³-hybridized carbons (Fsp3) is 0.600. The van der Waals surface area contributed by atoms with Crippen LogP contribution in [0, 0.1) is 0 Å². The summed E-state index contributed by atoms with van der Waals surface area (Å²) in [4.78, 5) is 2.50. The highest BCUT2D eigenvalue weighted by atomic mass is 15.2. The fourth-order valence-electron chi connectivity index (χ4n) is 3.02. The van der Waals surface area contributed by atoms with Crippen LogP contribution in [0.3, 0.4) is 0 Å². The molecule has 1 aromatic carbocycles. The molecule has 0 bridgehead atoms. The minimum Gasteiger partial charge on any atom is -0.382 e. The molecular formula is C15H23N3. The summed E-state index contributed by atoms with van der Waals surface area (Å²) < 4.78 is 0. The molecule has 0 aromatic heterocycles. The van der Waals surface area contributed by atoms with Gasteiger partial charge in [-0.25, -0.2) is 0 Å². The second-order valence-corrected chi connectivity index (χ2v) is 5.39. The van der Waals surface area contributed by atoms with Crippen molar-refractivity contribution in [2.75, 3.05) is 36.4 Å². The molecule has 0 amide bonds. The standard InChI is InChI=1S/C15H23N3/c1-2-8-15(18-10-3-4-11-18)14(7-1)17-12-13-6-5-9-16-13/h1-2,7-8,13,16-17H,3-6,9-12H2. The second kappa shape index (κ2) is 5.61. The van der Waals surface area contributed by atoms with Gasteiger partial charge in [0.05, 0.1) is 11.4 Å². The zero-order chi connectivity index (χ0) is 12.2. The van der Waals surface area contributed by atoms with Crippen LogP contribution in [0.5, 0.6) is 0 Å². The average molecular weight is 245 g/mol. The van der Waals surface area contributed by atoms with Gasteiger partial charge in [0.2, 0.25) is 0 Å². The molecule has 2 heterocycles. The summed E-state index contributed by atoms with van der Waals surface area (Å²) in [6.45, 7) is 4.64. The molecule has 98 valence electrons. The lowest BCUT2D eigenvalue weighted by molar-refractivity contribution is 0.633. The van der Waals surface area contributed by atoms with Crippen molar-refractivity contribution >= 4 is 11.4 Å². The van der Waals surface area contributed by atoms with Crippen molar-refractivity contribution in [1.29, 1.82) is 0 Å². The molecule has 0 aliphatic carbocycles. The number of rotatable bonds is 4. The van der Waals surface area contributed by atoms with Gasteiger partial charge in [0.25, 0.3) is 0 Å². The molecule has 0 radical (unpaired) electrons. The van der Waals surface area contributed by atoms with Gasteiger partial charge in [-0.15, -0.1) is 0 Å². The van der Waals surface area contributed by atoms with E-state index < -0.39 is 0 Å². The average Bonchev–Trinajstić information content (AvgIpc) is 3.10. The van der Waals surface area contributed by atoms with Crippen molar-refractivity contribution < 1.29 is 0 Å². The Morgan fingerprint density at radius 3 is 2.78 bits per heavy atom. The Balaban J connectivity index is 1.66. The third-order valence-corrected chi connectivity index (χ3v) is 4.05. The minimum atomic E-state index is 0.650. The number of nitrogens with zero attached hydrogens (tertiary/aromatic N) is 1. The van der Waals surface area contributed by atoms with E-state index in [-0.39, 0.29) is 0 Å². The lowest BCUT2D eigenvalue weighted by Crippen LogP contribution is -2.30. The van der Waals surface area contributed by atoms with Crippen molar-refractivity contribution in [3.8, 4) is 0 Å². The maximum Gasteiger partial charge on any atom is 0.0602 e. The van der Waals surface area contributed by atoms with Gasteiger partial charge in [0.15, 0.2) is 0 Å². The number of anilines is 2. The summed E-state index contributed by atoms with van der Waals surface area (Å²) in [6, 6.07) is 9.38. The summed E-state index contributed by atoms with van der Waals surface area (Å²) in [5.74, 6) is 0. The Morgan fingerprint density at radius 2 is 2.00 bits per heavy atom. The van der Waals surface area contributed by atoms with Crippen LogP contribution in [0.15, 0.2) is 24.3 Å². The summed E-state index contributed by atoms with van der Waals surface area (Å²) in [6.07, 6.45) is 5.29. The zero-order valence-electron chi connectivity index (χ0n) is 11.0. The van der Waals surface area contributed by atoms with E-state index in [1.54, 1.807) is 0 Å². The highest BCUT2D eigenvalue weighted by Crippen LogP contribution is 2.28. The molecule has 2 fully saturated rings. The molecule has 3 nitrogen and oxygen atoms in total. The van der Waals surface area contributed by atoms with Gasteiger partial charge in [-0.05, 0) is 44.4 Å². The van der Waals surface area contributed by atoms with Crippen molar-refractivity contribution in [2.45, 2.75) is 31.7 Å². The molecule has 2 saturated heterocycles. The van der Waals surface area contributed by atoms with E-state index in [0.29, 0.717) is 6.04 Å². The van der Waals surface area contributed by atoms with E-state index in [1.807, 2.05) is 0 Å². The van der Waals surface area contributed by atoms with Crippen LogP contribution in [-0.2, 0) is 0 Å². The minimum absolute atomic E-state index is 0.650. The smallest absolute Gasteiger partial charge is 0.0602 e. The van der Waals surface area contributed by atoms with Crippen molar-refractivity contribution in [3.05, 3.63) is 24.3 Å². The number of nitrogens with one attached hydrogen (secondary N) is 2. The first-order chi connectivity index (χ1) is 8.93. The van der Waals surface area contributed by atoms with E-state index in [0.717, 1.165) is 6.54 Å². The van der Waals surface area contributed by atoms with Crippen LogP contribution in [0.1, 0.15) is 25.7 Å². The van der Waals surface area contributed by atoms with Crippen LogP contribution < -0.4 is 15.5 Å². The Morgan fingerprint density at radius 1 is 1.17 bits per heavy atom. The maximum atomic E-state index is 3.63. The van der Waals surface area contributed by atoms with Gasteiger partial charge in [-0.3, -0.25) is 0 Å². The molecule has 1 atom stereocenters. The first kappa shape index (κ1) is 11.8. The lowest BCUT2D eigenvalue weighted by Gasteiger charge is -2.23. The van der Waals surface area contributed by atoms with Gasteiger partial charge in [0, 0.05) is 25.7 Å². The van der Waals surface area contributed by atoms with Crippen LogP contribution in [0.4, 0.5) is 11.4 Å². The Kier molecular flexibility index (Phi) is 3.69. The largest absolute Gasteiger partial charge is 0.382 e. The van der Waals surface area contributed by atoms with E-state index in [1.165, 1.54) is 56.7 Å². The SMILES string of the molecule is c1ccc(N2CCCC2)c(NCC2CCCN2)c1. The monoisotopic (exact) mass is 245 g/mol. The van der Waals surface area contributed by atoms with Crippen molar-refractivity contribution in [1.82, 2.24) is 5.32 Å². The normalized spacial score (nSPS) is 23.6. The van der Waals surface area contributed by atoms with E-state index in [4.69, 9.17) is 0 Å². The van der Waals surface area contributed by atoms with Crippen molar-refractivity contribution in [2.24, 2.45) is 0 Å². The first-order valence-electron chi connectivity index (χ1n) is 7.25. The Labute approximate surface area is 110 Å². The number of hydrogen-bond donors (Lipinski definition) is 2. The van der Waals surface area contributed by atoms with Crippen LogP contribution in [0.2, 0.25) is 0 Å². The molecule has 1 aromatic rings.